The van der Waals surface area contributed by atoms with Crippen LogP contribution in [0.25, 0.3) is 6.08 Å². The molecule has 18 heavy (non-hydrogen) atoms. The van der Waals surface area contributed by atoms with Crippen LogP contribution in [0.5, 0.6) is 11.5 Å². The summed E-state index contributed by atoms with van der Waals surface area (Å²) in [6, 6.07) is 2.18. The molecule has 0 aliphatic rings. The minimum absolute atomic E-state index is 0.00870. The first-order chi connectivity index (χ1) is 8.43. The van der Waals surface area contributed by atoms with Gasteiger partial charge in [-0.2, -0.15) is 13.2 Å². The van der Waals surface area contributed by atoms with Crippen LogP contribution in [0, 0.1) is 0 Å². The molecular weight excluding hydrogens is 247 g/mol. The summed E-state index contributed by atoms with van der Waals surface area (Å²) in [6.45, 7) is 0.158. The maximum Gasteiger partial charge on any atom is 0.417 e. The van der Waals surface area contributed by atoms with Crippen molar-refractivity contribution in [2.45, 2.75) is 6.18 Å². The predicted octanol–water partition coefficient (Wildman–Crippen LogP) is 2.69. The van der Waals surface area contributed by atoms with Gasteiger partial charge in [-0.3, -0.25) is 0 Å². The number of methoxy groups -OCH3 is 2. The zero-order valence-electron chi connectivity index (χ0n) is 10.0. The van der Waals surface area contributed by atoms with Gasteiger partial charge in [-0.25, -0.2) is 0 Å². The molecular formula is C12H14F3NO2. The molecule has 3 nitrogen and oxygen atoms in total. The van der Waals surface area contributed by atoms with Crippen molar-refractivity contribution in [2.24, 2.45) is 5.73 Å². The van der Waals surface area contributed by atoms with Crippen molar-refractivity contribution >= 4 is 6.08 Å². The van der Waals surface area contributed by atoms with E-state index in [0.29, 0.717) is 0 Å². The molecule has 0 unspecified atom stereocenters. The SMILES string of the molecule is COc1cc(/C=C/CN)c(C(F)(F)F)cc1OC. The van der Waals surface area contributed by atoms with Crippen LogP contribution in [-0.2, 0) is 6.18 Å². The fraction of sp³-hybridized carbons (Fsp3) is 0.333. The highest BCUT2D eigenvalue weighted by atomic mass is 19.4. The molecule has 0 saturated carbocycles. The van der Waals surface area contributed by atoms with Crippen molar-refractivity contribution in [3.8, 4) is 11.5 Å². The van der Waals surface area contributed by atoms with Gasteiger partial charge >= 0.3 is 6.18 Å². The summed E-state index contributed by atoms with van der Waals surface area (Å²) in [5.74, 6) is 0.275. The molecule has 1 aromatic rings. The van der Waals surface area contributed by atoms with E-state index >= 15 is 0 Å². The van der Waals surface area contributed by atoms with Gasteiger partial charge in [0, 0.05) is 6.54 Å². The summed E-state index contributed by atoms with van der Waals surface area (Å²) in [4.78, 5) is 0. The molecule has 0 amide bonds. The van der Waals surface area contributed by atoms with Crippen molar-refractivity contribution in [1.29, 1.82) is 0 Å². The van der Waals surface area contributed by atoms with Crippen LogP contribution in [0.2, 0.25) is 0 Å². The number of benzene rings is 1. The molecule has 0 atom stereocenters. The first kappa shape index (κ1) is 14.4. The van der Waals surface area contributed by atoms with Gasteiger partial charge in [-0.05, 0) is 17.7 Å². The second-order valence-electron chi connectivity index (χ2n) is 3.43. The summed E-state index contributed by atoms with van der Waals surface area (Å²) in [5.41, 5.74) is 4.44. The van der Waals surface area contributed by atoms with Crippen molar-refractivity contribution in [1.82, 2.24) is 0 Å². The quantitative estimate of drug-likeness (QED) is 0.906. The molecule has 0 fully saturated rings. The third-order valence-corrected chi connectivity index (χ3v) is 2.29. The zero-order chi connectivity index (χ0) is 13.8. The van der Waals surface area contributed by atoms with E-state index in [4.69, 9.17) is 15.2 Å². The van der Waals surface area contributed by atoms with Gasteiger partial charge in [0.25, 0.3) is 0 Å². The zero-order valence-corrected chi connectivity index (χ0v) is 10.0. The Kier molecular flexibility index (Phi) is 4.61. The van der Waals surface area contributed by atoms with Gasteiger partial charge in [0.2, 0.25) is 0 Å². The van der Waals surface area contributed by atoms with E-state index in [9.17, 15) is 13.2 Å². The van der Waals surface area contributed by atoms with Crippen LogP contribution in [0.3, 0.4) is 0 Å². The summed E-state index contributed by atoms with van der Waals surface area (Å²) in [5, 5.41) is 0. The lowest BCUT2D eigenvalue weighted by Gasteiger charge is -2.15. The highest BCUT2D eigenvalue weighted by Crippen LogP contribution is 2.39. The first-order valence-electron chi connectivity index (χ1n) is 5.13. The highest BCUT2D eigenvalue weighted by Gasteiger charge is 2.34. The second-order valence-corrected chi connectivity index (χ2v) is 3.43. The number of halogens is 3. The Morgan fingerprint density at radius 3 is 2.17 bits per heavy atom. The Balaban J connectivity index is 3.41. The highest BCUT2D eigenvalue weighted by molar-refractivity contribution is 5.61. The summed E-state index contributed by atoms with van der Waals surface area (Å²) in [7, 11) is 2.65. The monoisotopic (exact) mass is 261 g/mol. The lowest BCUT2D eigenvalue weighted by atomic mass is 10.1. The van der Waals surface area contributed by atoms with Crippen LogP contribution >= 0.6 is 0 Å². The fourth-order valence-electron chi connectivity index (χ4n) is 1.47. The number of ether oxygens (including phenoxy) is 2. The normalized spacial score (nSPS) is 11.9. The smallest absolute Gasteiger partial charge is 0.417 e. The molecule has 1 aromatic carbocycles. The van der Waals surface area contributed by atoms with Gasteiger partial charge in [0.1, 0.15) is 0 Å². The first-order valence-corrected chi connectivity index (χ1v) is 5.13. The van der Waals surface area contributed by atoms with E-state index in [1.807, 2.05) is 0 Å². The second kappa shape index (κ2) is 5.77. The van der Waals surface area contributed by atoms with Gasteiger partial charge in [-0.15, -0.1) is 0 Å². The molecule has 6 heteroatoms. The van der Waals surface area contributed by atoms with E-state index in [-0.39, 0.29) is 23.6 Å². The molecule has 0 saturated heterocycles. The largest absolute Gasteiger partial charge is 0.493 e. The lowest BCUT2D eigenvalue weighted by Crippen LogP contribution is -2.08. The minimum atomic E-state index is -4.46. The van der Waals surface area contributed by atoms with E-state index < -0.39 is 11.7 Å². The van der Waals surface area contributed by atoms with Crippen LogP contribution in [-0.4, -0.2) is 20.8 Å². The molecule has 0 spiro atoms. The predicted molar refractivity (Wildman–Crippen MR) is 62.6 cm³/mol. The van der Waals surface area contributed by atoms with E-state index in [1.54, 1.807) is 0 Å². The number of rotatable bonds is 4. The molecule has 2 N–H and O–H groups in total. The van der Waals surface area contributed by atoms with Crippen molar-refractivity contribution in [3.05, 3.63) is 29.3 Å². The Morgan fingerprint density at radius 2 is 1.72 bits per heavy atom. The Morgan fingerprint density at radius 1 is 1.17 bits per heavy atom. The maximum absolute atomic E-state index is 12.9. The molecule has 1 rings (SSSR count). The van der Waals surface area contributed by atoms with Crippen molar-refractivity contribution in [3.63, 3.8) is 0 Å². The molecule has 0 heterocycles. The minimum Gasteiger partial charge on any atom is -0.493 e. The third kappa shape index (κ3) is 3.16. The van der Waals surface area contributed by atoms with E-state index in [2.05, 4.69) is 0 Å². The van der Waals surface area contributed by atoms with Gasteiger partial charge in [0.15, 0.2) is 11.5 Å². The van der Waals surface area contributed by atoms with E-state index in [1.165, 1.54) is 32.4 Å². The molecule has 0 aromatic heterocycles. The van der Waals surface area contributed by atoms with Gasteiger partial charge in [0.05, 0.1) is 19.8 Å². The van der Waals surface area contributed by atoms with Crippen molar-refractivity contribution in [2.75, 3.05) is 20.8 Å². The third-order valence-electron chi connectivity index (χ3n) is 2.29. The fourth-order valence-corrected chi connectivity index (χ4v) is 1.47. The summed E-state index contributed by atoms with van der Waals surface area (Å²) < 4.78 is 48.4. The molecule has 0 aliphatic carbocycles. The molecule has 0 bridgehead atoms. The molecule has 0 radical (unpaired) electrons. The summed E-state index contributed by atoms with van der Waals surface area (Å²) >= 11 is 0. The van der Waals surface area contributed by atoms with Crippen molar-refractivity contribution < 1.29 is 22.6 Å². The van der Waals surface area contributed by atoms with Crippen LogP contribution < -0.4 is 15.2 Å². The number of hydrogen-bond donors (Lipinski definition) is 1. The maximum atomic E-state index is 12.9. The average molecular weight is 261 g/mol. The van der Waals surface area contributed by atoms with Crippen LogP contribution in [0.1, 0.15) is 11.1 Å². The summed E-state index contributed by atoms with van der Waals surface area (Å²) in [6.07, 6.45) is -1.71. The number of alkyl halides is 3. The number of hydrogen-bond acceptors (Lipinski definition) is 3. The molecule has 100 valence electrons. The van der Waals surface area contributed by atoms with Gasteiger partial charge in [-0.1, -0.05) is 12.2 Å². The van der Waals surface area contributed by atoms with Crippen LogP contribution in [0.15, 0.2) is 18.2 Å². The lowest BCUT2D eigenvalue weighted by molar-refractivity contribution is -0.137. The van der Waals surface area contributed by atoms with E-state index in [0.717, 1.165) is 6.07 Å². The molecule has 0 aliphatic heterocycles. The van der Waals surface area contributed by atoms with Crippen LogP contribution in [0.4, 0.5) is 13.2 Å². The number of nitrogens with two attached hydrogens (primary N) is 1. The average Bonchev–Trinajstić information content (AvgIpc) is 2.33. The standard InChI is InChI=1S/C12H14F3NO2/c1-17-10-6-8(4-3-5-16)9(12(13,14)15)7-11(10)18-2/h3-4,6-7H,5,16H2,1-2H3/b4-3+. The topological polar surface area (TPSA) is 44.5 Å². The Bertz CT molecular complexity index is 442. The Hall–Kier alpha value is -1.69. The van der Waals surface area contributed by atoms with Gasteiger partial charge < -0.3 is 15.2 Å². The Labute approximate surface area is 103 Å².